The molecule has 1 amide bonds. The Kier molecular flexibility index (Phi) is 4.12. The predicted octanol–water partition coefficient (Wildman–Crippen LogP) is 5.30. The number of hydrogen-bond donors (Lipinski definition) is 1. The maximum absolute atomic E-state index is 12.4. The van der Waals surface area contributed by atoms with Crippen LogP contribution in [0.4, 0.5) is 0 Å². The van der Waals surface area contributed by atoms with E-state index in [-0.39, 0.29) is 18.3 Å². The number of benzene rings is 3. The molecule has 0 spiro atoms. The Balaban J connectivity index is 1.71. The van der Waals surface area contributed by atoms with Gasteiger partial charge >= 0.3 is 0 Å². The maximum atomic E-state index is 12.4. The molecule has 0 saturated heterocycles. The number of amides is 1. The van der Waals surface area contributed by atoms with Crippen molar-refractivity contribution < 1.29 is 9.21 Å². The third-order valence-corrected chi connectivity index (χ3v) is 6.19. The molecule has 1 aliphatic heterocycles. The zero-order valence-electron chi connectivity index (χ0n) is 16.6. The van der Waals surface area contributed by atoms with Crippen LogP contribution in [0.2, 0.25) is 5.02 Å². The smallest absolute Gasteiger partial charge is 0.231 e. The van der Waals surface area contributed by atoms with Gasteiger partial charge in [0.2, 0.25) is 5.91 Å². The fourth-order valence-corrected chi connectivity index (χ4v) is 4.32. The fraction of sp³-hybridized carbons (Fsp3) is 0.167. The zero-order chi connectivity index (χ0) is 21.0. The van der Waals surface area contributed by atoms with E-state index in [0.29, 0.717) is 5.02 Å². The van der Waals surface area contributed by atoms with Crippen molar-refractivity contribution in [3.05, 3.63) is 71.2 Å². The molecule has 4 aromatic rings. The summed E-state index contributed by atoms with van der Waals surface area (Å²) in [5.41, 5.74) is 9.46. The van der Waals surface area contributed by atoms with Crippen molar-refractivity contribution in [3.8, 4) is 11.1 Å². The van der Waals surface area contributed by atoms with E-state index in [1.54, 1.807) is 7.05 Å². The largest absolute Gasteiger partial charge is 0.455 e. The van der Waals surface area contributed by atoms with E-state index in [1.807, 2.05) is 67.6 Å². The second-order valence-electron chi connectivity index (χ2n) is 7.85. The van der Waals surface area contributed by atoms with Gasteiger partial charge < -0.3 is 10.2 Å². The van der Waals surface area contributed by atoms with Crippen molar-refractivity contribution in [2.75, 3.05) is 7.05 Å². The second kappa shape index (κ2) is 6.61. The summed E-state index contributed by atoms with van der Waals surface area (Å²) in [5, 5.41) is 2.70. The number of furan rings is 1. The molecule has 30 heavy (non-hydrogen) atoms. The number of guanidine groups is 1. The van der Waals surface area contributed by atoms with Crippen molar-refractivity contribution in [1.29, 1.82) is 0 Å². The molecule has 5 nitrogen and oxygen atoms in total. The van der Waals surface area contributed by atoms with Crippen molar-refractivity contribution in [2.24, 2.45) is 10.7 Å². The molecule has 6 heteroatoms. The molecule has 2 N–H and O–H groups in total. The van der Waals surface area contributed by atoms with Crippen molar-refractivity contribution in [1.82, 2.24) is 4.90 Å². The Bertz CT molecular complexity index is 1360. The topological polar surface area (TPSA) is 71.8 Å². The number of para-hydroxylation sites is 2. The summed E-state index contributed by atoms with van der Waals surface area (Å²) in [6.45, 7) is 1.92. The third kappa shape index (κ3) is 2.77. The van der Waals surface area contributed by atoms with E-state index >= 15 is 0 Å². The average molecular weight is 418 g/mol. The number of halogens is 1. The molecule has 5 rings (SSSR count). The Labute approximate surface area is 178 Å². The van der Waals surface area contributed by atoms with Crippen LogP contribution in [0.15, 0.2) is 70.1 Å². The molecule has 3 aromatic carbocycles. The van der Waals surface area contributed by atoms with Gasteiger partial charge in [-0.15, -0.1) is 0 Å². The van der Waals surface area contributed by atoms with E-state index in [2.05, 4.69) is 4.99 Å². The minimum absolute atomic E-state index is 0.0686. The lowest BCUT2D eigenvalue weighted by molar-refractivity contribution is -0.128. The molecule has 1 aliphatic rings. The summed E-state index contributed by atoms with van der Waals surface area (Å²) in [6.07, 6.45) is 0.236. The first-order valence-corrected chi connectivity index (χ1v) is 10.1. The first-order chi connectivity index (χ1) is 14.4. The number of nitrogens with two attached hydrogens (primary N) is 1. The van der Waals surface area contributed by atoms with E-state index in [1.165, 1.54) is 4.90 Å². The van der Waals surface area contributed by atoms with Gasteiger partial charge in [0.15, 0.2) is 5.96 Å². The lowest BCUT2D eigenvalue weighted by Gasteiger charge is -2.34. The lowest BCUT2D eigenvalue weighted by atomic mass is 9.86. The van der Waals surface area contributed by atoms with Gasteiger partial charge in [0, 0.05) is 34.0 Å². The van der Waals surface area contributed by atoms with Crippen LogP contribution in [-0.4, -0.2) is 23.8 Å². The van der Waals surface area contributed by atoms with Crippen molar-refractivity contribution >= 4 is 45.4 Å². The summed E-state index contributed by atoms with van der Waals surface area (Å²) in [7, 11) is 1.64. The van der Waals surface area contributed by atoms with Crippen molar-refractivity contribution in [2.45, 2.75) is 18.9 Å². The number of fused-ring (bicyclic) bond motifs is 3. The molecule has 1 atom stereocenters. The van der Waals surface area contributed by atoms with Crippen LogP contribution in [0.25, 0.3) is 33.1 Å². The first kappa shape index (κ1) is 18.7. The number of nitrogens with zero attached hydrogens (tertiary/aromatic N) is 2. The van der Waals surface area contributed by atoms with Crippen LogP contribution in [0, 0.1) is 0 Å². The van der Waals surface area contributed by atoms with Crippen LogP contribution in [0.3, 0.4) is 0 Å². The van der Waals surface area contributed by atoms with Gasteiger partial charge in [-0.2, -0.15) is 0 Å². The number of rotatable bonds is 2. The van der Waals surface area contributed by atoms with Crippen LogP contribution in [0.5, 0.6) is 0 Å². The normalized spacial score (nSPS) is 19.5. The van der Waals surface area contributed by atoms with Gasteiger partial charge in [0.05, 0.1) is 12.0 Å². The molecule has 0 saturated carbocycles. The SMILES string of the molecule is CN1C(=O)CC(C)(c2ccc(Cl)c(-c3cccc4c3oc3ccccc34)c2)N=C1N. The molecular weight excluding hydrogens is 398 g/mol. The molecule has 1 aromatic heterocycles. The van der Waals surface area contributed by atoms with E-state index < -0.39 is 5.54 Å². The number of carbonyl (C=O) groups excluding carboxylic acids is 1. The van der Waals surface area contributed by atoms with E-state index in [4.69, 9.17) is 21.8 Å². The van der Waals surface area contributed by atoms with Gasteiger partial charge in [0.1, 0.15) is 11.2 Å². The molecule has 1 unspecified atom stereocenters. The van der Waals surface area contributed by atoms with Crippen molar-refractivity contribution in [3.63, 3.8) is 0 Å². The summed E-state index contributed by atoms with van der Waals surface area (Å²) in [6, 6.07) is 19.7. The minimum Gasteiger partial charge on any atom is -0.455 e. The Hall–Kier alpha value is -3.31. The van der Waals surface area contributed by atoms with Crippen LogP contribution in [-0.2, 0) is 10.3 Å². The zero-order valence-corrected chi connectivity index (χ0v) is 17.4. The predicted molar refractivity (Wildman–Crippen MR) is 121 cm³/mol. The standard InChI is InChI=1S/C24H20ClN3O2/c1-24(13-21(29)28(2)23(26)27-24)14-10-11-19(25)18(12-14)17-8-5-7-16-15-6-3-4-9-20(15)30-22(16)17/h3-12H,13H2,1-2H3,(H2,26,27). The third-order valence-electron chi connectivity index (χ3n) is 5.86. The second-order valence-corrected chi connectivity index (χ2v) is 8.26. The quantitative estimate of drug-likeness (QED) is 0.481. The highest BCUT2D eigenvalue weighted by molar-refractivity contribution is 6.33. The number of carbonyl (C=O) groups is 1. The summed E-state index contributed by atoms with van der Waals surface area (Å²) >= 11 is 6.62. The number of hydrogen-bond acceptors (Lipinski definition) is 4. The number of aliphatic imine (C=N–C) groups is 1. The Morgan fingerprint density at radius 3 is 2.63 bits per heavy atom. The van der Waals surface area contributed by atoms with Gasteiger partial charge in [-0.3, -0.25) is 9.69 Å². The van der Waals surface area contributed by atoms with Crippen LogP contribution >= 0.6 is 11.6 Å². The molecule has 0 radical (unpaired) electrons. The van der Waals surface area contributed by atoms with Gasteiger partial charge in [0.25, 0.3) is 0 Å². The molecule has 0 aliphatic carbocycles. The molecule has 2 heterocycles. The summed E-state index contributed by atoms with van der Waals surface area (Å²) in [5.74, 6) is 0.144. The highest BCUT2D eigenvalue weighted by Crippen LogP contribution is 2.41. The monoisotopic (exact) mass is 417 g/mol. The average Bonchev–Trinajstić information content (AvgIpc) is 3.11. The Morgan fingerprint density at radius 1 is 1.07 bits per heavy atom. The lowest BCUT2D eigenvalue weighted by Crippen LogP contribution is -2.47. The molecule has 0 bridgehead atoms. The molecule has 150 valence electrons. The van der Waals surface area contributed by atoms with Crippen LogP contribution < -0.4 is 5.73 Å². The molecular formula is C24H20ClN3O2. The highest BCUT2D eigenvalue weighted by Gasteiger charge is 2.36. The Morgan fingerprint density at radius 2 is 1.83 bits per heavy atom. The van der Waals surface area contributed by atoms with Gasteiger partial charge in [-0.25, -0.2) is 4.99 Å². The van der Waals surface area contributed by atoms with E-state index in [9.17, 15) is 4.79 Å². The fourth-order valence-electron chi connectivity index (χ4n) is 4.10. The van der Waals surface area contributed by atoms with E-state index in [0.717, 1.165) is 38.6 Å². The van der Waals surface area contributed by atoms with Gasteiger partial charge in [-0.05, 0) is 30.7 Å². The summed E-state index contributed by atoms with van der Waals surface area (Å²) < 4.78 is 6.18. The molecule has 0 fully saturated rings. The maximum Gasteiger partial charge on any atom is 0.231 e. The summed E-state index contributed by atoms with van der Waals surface area (Å²) in [4.78, 5) is 18.4. The minimum atomic E-state index is -0.755. The first-order valence-electron chi connectivity index (χ1n) is 9.70. The van der Waals surface area contributed by atoms with Crippen LogP contribution in [0.1, 0.15) is 18.9 Å². The van der Waals surface area contributed by atoms with Gasteiger partial charge in [-0.1, -0.05) is 54.1 Å². The highest BCUT2D eigenvalue weighted by atomic mass is 35.5.